The summed E-state index contributed by atoms with van der Waals surface area (Å²) in [6.07, 6.45) is 6.92. The zero-order valence-corrected chi connectivity index (χ0v) is 34.7. The van der Waals surface area contributed by atoms with E-state index in [1.54, 1.807) is 7.11 Å². The molecule has 5 aromatic rings. The zero-order chi connectivity index (χ0) is 41.5. The van der Waals surface area contributed by atoms with Gasteiger partial charge in [0, 0.05) is 73.8 Å². The predicted molar refractivity (Wildman–Crippen MR) is 235 cm³/mol. The van der Waals surface area contributed by atoms with Crippen molar-refractivity contribution < 1.29 is 28.6 Å². The molecular weight excluding hydrogens is 753 g/mol. The number of nitrogens with zero attached hydrogens (tertiary/aromatic N) is 4. The molecular formula is C50H50N4O6. The highest BCUT2D eigenvalue weighted by Crippen LogP contribution is 2.42. The number of hydrogen-bond acceptors (Lipinski definition) is 8. The summed E-state index contributed by atoms with van der Waals surface area (Å²) >= 11 is 0. The van der Waals surface area contributed by atoms with Crippen molar-refractivity contribution in [1.29, 1.82) is 0 Å². The number of hydrogen-bond donors (Lipinski definition) is 0. The van der Waals surface area contributed by atoms with Gasteiger partial charge in [-0.1, -0.05) is 43.3 Å². The number of ether oxygens (including phenoxy) is 3. The number of rotatable bonds is 13. The number of carbonyl (C=O) groups is 3. The number of carbonyl (C=O) groups excluding carboxylic acids is 3. The van der Waals surface area contributed by atoms with Crippen molar-refractivity contribution in [3.63, 3.8) is 0 Å². The third-order valence-electron chi connectivity index (χ3n) is 12.4. The van der Waals surface area contributed by atoms with E-state index in [1.165, 1.54) is 5.56 Å². The topological polar surface area (TPSA) is 101 Å². The fourth-order valence-electron chi connectivity index (χ4n) is 9.17. The maximum Gasteiger partial charge on any atom is 0.261 e. The molecule has 0 unspecified atom stereocenters. The Morgan fingerprint density at radius 2 is 1.47 bits per heavy atom. The number of methoxy groups -OCH3 is 1. The number of para-hydroxylation sites is 2. The summed E-state index contributed by atoms with van der Waals surface area (Å²) in [5.41, 5.74) is 10.8. The van der Waals surface area contributed by atoms with Crippen LogP contribution in [0.15, 0.2) is 96.0 Å². The molecule has 0 saturated carbocycles. The lowest BCUT2D eigenvalue weighted by molar-refractivity contribution is -0.118. The SMILES string of the molecule is CCC(=O)CCCN(C)c1cc(COc2cc3c(cc2C)C(=O)N2c4ccccc4C[C@H]2C=N3)cc(COc2cc3c(cc2OC)C(=O)N2c4ccccc4C[C@H]2CC3)c1. The summed E-state index contributed by atoms with van der Waals surface area (Å²) in [7, 11) is 3.64. The van der Waals surface area contributed by atoms with Gasteiger partial charge in [0.15, 0.2) is 11.5 Å². The van der Waals surface area contributed by atoms with Gasteiger partial charge in [0.1, 0.15) is 24.7 Å². The molecule has 0 aromatic heterocycles. The second kappa shape index (κ2) is 16.3. The standard InChI is InChI=1S/C50H50N4O6/c1-5-40(55)13-10-18-52(3)38-21-32(29-59-46-27-43-42(19-31(46)2)50(57)54-39(28-51-43)24-36-12-7-9-15-45(36)54)20-33(22-38)30-60-48-25-34-16-17-37-23-35-11-6-8-14-44(35)53(37)49(56)41(34)26-47(48)58-4/h6-9,11-12,14-15,19-22,25-28,37,39H,5,10,13,16-18,23-24,29-30H2,1-4H3/t37-,39+/m1/s1. The number of benzene rings is 5. The molecule has 5 aromatic carbocycles. The molecule has 2 atom stereocenters. The minimum Gasteiger partial charge on any atom is -0.493 e. The third-order valence-corrected chi connectivity index (χ3v) is 12.4. The number of fused-ring (bicyclic) bond motifs is 8. The predicted octanol–water partition coefficient (Wildman–Crippen LogP) is 9.16. The Balaban J connectivity index is 0.958. The van der Waals surface area contributed by atoms with Crippen LogP contribution in [0.3, 0.4) is 0 Å². The molecule has 4 aliphatic heterocycles. The average Bonchev–Trinajstić information content (AvgIpc) is 3.76. The van der Waals surface area contributed by atoms with E-state index < -0.39 is 0 Å². The lowest BCUT2D eigenvalue weighted by atomic mass is 9.99. The Morgan fingerprint density at radius 3 is 2.20 bits per heavy atom. The van der Waals surface area contributed by atoms with E-state index in [9.17, 15) is 14.4 Å². The first-order valence-corrected chi connectivity index (χ1v) is 21.0. The molecule has 306 valence electrons. The van der Waals surface area contributed by atoms with Gasteiger partial charge in [-0.2, -0.15) is 0 Å². The van der Waals surface area contributed by atoms with E-state index in [0.717, 1.165) is 77.0 Å². The van der Waals surface area contributed by atoms with Gasteiger partial charge in [-0.15, -0.1) is 0 Å². The number of Topliss-reactive ketones (excluding diaryl/α,β-unsaturated/α-hetero) is 1. The van der Waals surface area contributed by atoms with E-state index in [2.05, 4.69) is 35.2 Å². The van der Waals surface area contributed by atoms with E-state index in [1.807, 2.05) is 97.6 Å². The lowest BCUT2D eigenvalue weighted by Gasteiger charge is -2.23. The van der Waals surface area contributed by atoms with Crippen LogP contribution in [0.25, 0.3) is 0 Å². The zero-order valence-electron chi connectivity index (χ0n) is 34.7. The molecule has 4 heterocycles. The summed E-state index contributed by atoms with van der Waals surface area (Å²) in [5, 5.41) is 0. The molecule has 2 amide bonds. The first kappa shape index (κ1) is 39.1. The molecule has 0 radical (unpaired) electrons. The molecule has 9 rings (SSSR count). The summed E-state index contributed by atoms with van der Waals surface area (Å²) in [4.78, 5) is 50.8. The first-order chi connectivity index (χ1) is 29.2. The van der Waals surface area contributed by atoms with Crippen LogP contribution in [0.1, 0.15) is 86.7 Å². The number of aryl methyl sites for hydroxylation is 2. The molecule has 0 fully saturated rings. The first-order valence-electron chi connectivity index (χ1n) is 21.0. The summed E-state index contributed by atoms with van der Waals surface area (Å²) in [6.45, 7) is 5.10. The Kier molecular flexibility index (Phi) is 10.6. The van der Waals surface area contributed by atoms with Gasteiger partial charge >= 0.3 is 0 Å². The van der Waals surface area contributed by atoms with Crippen molar-refractivity contribution in [3.05, 3.63) is 136 Å². The molecule has 60 heavy (non-hydrogen) atoms. The quantitative estimate of drug-likeness (QED) is 0.117. The summed E-state index contributed by atoms with van der Waals surface area (Å²) in [5.74, 6) is 1.95. The highest BCUT2D eigenvalue weighted by Gasteiger charge is 2.38. The minimum absolute atomic E-state index is 0.00227. The van der Waals surface area contributed by atoms with Gasteiger partial charge < -0.3 is 24.0 Å². The number of ketones is 1. The Bertz CT molecular complexity index is 2550. The van der Waals surface area contributed by atoms with Crippen LogP contribution in [0.5, 0.6) is 17.2 Å². The molecule has 0 bridgehead atoms. The van der Waals surface area contributed by atoms with Crippen LogP contribution < -0.4 is 28.9 Å². The highest BCUT2D eigenvalue weighted by atomic mass is 16.5. The van der Waals surface area contributed by atoms with Crippen LogP contribution in [0.2, 0.25) is 0 Å². The lowest BCUT2D eigenvalue weighted by Crippen LogP contribution is -2.37. The van der Waals surface area contributed by atoms with Crippen LogP contribution in [0, 0.1) is 6.92 Å². The second-order valence-corrected chi connectivity index (χ2v) is 16.4. The second-order valence-electron chi connectivity index (χ2n) is 16.4. The van der Waals surface area contributed by atoms with Crippen molar-refractivity contribution in [1.82, 2.24) is 0 Å². The number of amides is 2. The van der Waals surface area contributed by atoms with Gasteiger partial charge in [-0.3, -0.25) is 24.3 Å². The summed E-state index contributed by atoms with van der Waals surface area (Å²) < 4.78 is 18.9. The van der Waals surface area contributed by atoms with Crippen molar-refractivity contribution in [3.8, 4) is 17.2 Å². The fraction of sp³-hybridized carbons (Fsp3) is 0.320. The van der Waals surface area contributed by atoms with Gasteiger partial charge in [0.05, 0.1) is 24.4 Å². The van der Waals surface area contributed by atoms with Crippen molar-refractivity contribution in [2.24, 2.45) is 4.99 Å². The van der Waals surface area contributed by atoms with Crippen LogP contribution >= 0.6 is 0 Å². The normalized spacial score (nSPS) is 17.1. The maximum atomic E-state index is 14.0. The van der Waals surface area contributed by atoms with Gasteiger partial charge in [0.25, 0.3) is 11.8 Å². The third kappa shape index (κ3) is 7.40. The Hall–Kier alpha value is -6.42. The van der Waals surface area contributed by atoms with Crippen LogP contribution in [-0.4, -0.2) is 56.6 Å². The van der Waals surface area contributed by atoms with Crippen molar-refractivity contribution >= 4 is 46.6 Å². The smallest absolute Gasteiger partial charge is 0.261 e. The van der Waals surface area contributed by atoms with Crippen LogP contribution in [0.4, 0.5) is 22.7 Å². The molecule has 0 saturated heterocycles. The number of anilines is 3. The van der Waals surface area contributed by atoms with Gasteiger partial charge in [-0.05, 0) is 115 Å². The van der Waals surface area contributed by atoms with E-state index in [4.69, 9.17) is 19.2 Å². The monoisotopic (exact) mass is 802 g/mol. The Morgan fingerprint density at radius 1 is 0.783 bits per heavy atom. The summed E-state index contributed by atoms with van der Waals surface area (Å²) in [6, 6.07) is 30.1. The molecule has 4 aliphatic rings. The molecule has 0 spiro atoms. The van der Waals surface area contributed by atoms with Gasteiger partial charge in [0.2, 0.25) is 0 Å². The van der Waals surface area contributed by atoms with Crippen molar-refractivity contribution in [2.45, 2.75) is 84.1 Å². The molecule has 10 heteroatoms. The Labute approximate surface area is 351 Å². The minimum atomic E-state index is -0.128. The largest absolute Gasteiger partial charge is 0.493 e. The van der Waals surface area contributed by atoms with E-state index in [-0.39, 0.29) is 42.9 Å². The molecule has 10 nitrogen and oxygen atoms in total. The maximum absolute atomic E-state index is 14.0. The van der Waals surface area contributed by atoms with Crippen LogP contribution in [-0.2, 0) is 37.3 Å². The van der Waals surface area contributed by atoms with Gasteiger partial charge in [-0.25, -0.2) is 0 Å². The number of aliphatic imine (C=N–C) groups is 1. The van der Waals surface area contributed by atoms with Crippen molar-refractivity contribution in [2.75, 3.05) is 35.4 Å². The van der Waals surface area contributed by atoms with E-state index in [0.29, 0.717) is 53.4 Å². The molecule has 0 aliphatic carbocycles. The fourth-order valence-corrected chi connectivity index (χ4v) is 9.17. The highest BCUT2D eigenvalue weighted by molar-refractivity contribution is 6.14. The molecule has 0 N–H and O–H groups in total. The average molecular weight is 803 g/mol. The van der Waals surface area contributed by atoms with E-state index >= 15 is 0 Å².